The number of nitrogens with two attached hydrogens (primary N) is 4. The van der Waals surface area contributed by atoms with Gasteiger partial charge in [0.15, 0.2) is 34.9 Å². The van der Waals surface area contributed by atoms with Crippen LogP contribution in [0, 0.1) is 78.2 Å². The maximum Gasteiger partial charge on any atom is 0.253 e. The Labute approximate surface area is 854 Å². The van der Waals surface area contributed by atoms with Crippen molar-refractivity contribution in [2.75, 3.05) is 70.7 Å². The number of amides is 12. The van der Waals surface area contributed by atoms with E-state index >= 15 is 0 Å². The molecule has 4 saturated heterocycles. The van der Waals surface area contributed by atoms with E-state index in [-0.39, 0.29) is 97.6 Å². The lowest BCUT2D eigenvalue weighted by Crippen LogP contribution is -2.69. The molecule has 4 aromatic carbocycles. The number of likely N-dealkylation sites (N-methyl/N-ethyl adjacent to an activating group) is 4. The number of halogens is 7. The second-order valence-corrected chi connectivity index (χ2v) is 37.3. The van der Waals surface area contributed by atoms with Gasteiger partial charge in [0.2, 0.25) is 53.2 Å². The lowest BCUT2D eigenvalue weighted by molar-refractivity contribution is -0.171. The predicted octanol–water partition coefficient (Wildman–Crippen LogP) is 11.8. The molecule has 0 radical (unpaired) electrons. The Bertz CT molecular complexity index is 6850. The number of hydrogen-bond donors (Lipinski definition) is 4. The fourth-order valence-corrected chi connectivity index (χ4v) is 19.5. The first kappa shape index (κ1) is 110. The molecule has 0 bridgehead atoms. The molecule has 12 amide bonds. The van der Waals surface area contributed by atoms with Crippen LogP contribution in [-0.2, 0) is 111 Å². The highest BCUT2D eigenvalue weighted by Gasteiger charge is 2.60. The molecule has 4 fully saturated rings. The molecular formula is C106H117F7N24O12. The SMILES string of the molecule is CC[C@@H](CC(=O)N1C(=O)[C@H](Cc2ccnc(N)c2)[C@H]1C(=O)N(C)c1ccnn1C)c1ccc(F)c(C)c1.CC[C@@H](CC(=O)N1C(=O)[C@H](Cc2ccnc(N)c2)[C@H]1C(=O)N(C)c1ccnn1C)c1ccc(F)c(F)c1.CC[C@@H](CC(=O)N1C(=O)[C@H](Cc2ccnc(N)c2)[C@H]1C(=O)N(C)c1ccnn1C)c1cccc(F)c1F.CC[C@@H](CC(=O)N1C(=O)[C@H](Cc2ccnc(N)c2)[C@H]1C(=O)N(C)c1nccn1C)c1ccc(F)c(F)c1C. The van der Waals surface area contributed by atoms with Gasteiger partial charge in [0, 0.05) is 137 Å². The summed E-state index contributed by atoms with van der Waals surface area (Å²) in [5.74, 6) is -13.9. The van der Waals surface area contributed by atoms with E-state index in [1.165, 1.54) is 98.1 Å². The van der Waals surface area contributed by atoms with Crippen molar-refractivity contribution in [1.82, 2.24) is 78.4 Å². The average Bonchev–Trinajstić information content (AvgIpc) is 1.57. The number of likely N-dealkylation sites (tertiary alicyclic amines) is 4. The molecule has 12 heterocycles. The molecule has 0 unspecified atom stereocenters. The van der Waals surface area contributed by atoms with Crippen LogP contribution in [-0.4, -0.2) is 202 Å². The minimum Gasteiger partial charge on any atom is -0.384 e. The van der Waals surface area contributed by atoms with Crippen LogP contribution in [0.4, 0.5) is 77.4 Å². The zero-order valence-corrected chi connectivity index (χ0v) is 84.6. The molecule has 12 atom stereocenters. The molecule has 8 N–H and O–H groups in total. The number of imide groups is 4. The van der Waals surface area contributed by atoms with Crippen LogP contribution in [0.3, 0.4) is 0 Å². The minimum absolute atomic E-state index is 0.0292. The number of nitrogens with zero attached hydrogens (tertiary/aromatic N) is 20. The van der Waals surface area contributed by atoms with Gasteiger partial charge in [0.25, 0.3) is 23.6 Å². The molecule has 4 aliphatic heterocycles. The van der Waals surface area contributed by atoms with Gasteiger partial charge in [-0.3, -0.25) is 111 Å². The lowest BCUT2D eigenvalue weighted by Gasteiger charge is -2.46. The van der Waals surface area contributed by atoms with Crippen LogP contribution in [0.5, 0.6) is 0 Å². The molecule has 0 aliphatic carbocycles. The number of carbonyl (C=O) groups excluding carboxylic acids is 12. The normalized spacial score (nSPS) is 17.8. The summed E-state index contributed by atoms with van der Waals surface area (Å²) >= 11 is 0. The first-order valence-electron chi connectivity index (χ1n) is 48.3. The summed E-state index contributed by atoms with van der Waals surface area (Å²) in [6, 6.07) is 28.8. The smallest absolute Gasteiger partial charge is 0.253 e. The van der Waals surface area contributed by atoms with Crippen LogP contribution in [0.1, 0.15) is 158 Å². The van der Waals surface area contributed by atoms with Crippen molar-refractivity contribution in [2.24, 2.45) is 51.9 Å². The van der Waals surface area contributed by atoms with E-state index in [1.807, 2.05) is 20.8 Å². The number of anilines is 8. The van der Waals surface area contributed by atoms with E-state index in [1.54, 1.807) is 182 Å². The monoisotopic (exact) mass is 2050 g/mol. The summed E-state index contributed by atoms with van der Waals surface area (Å²) in [6.07, 6.45) is 16.1. The van der Waals surface area contributed by atoms with Crippen molar-refractivity contribution >= 4 is 118 Å². The molecule has 0 spiro atoms. The van der Waals surface area contributed by atoms with E-state index in [0.29, 0.717) is 88.3 Å². The standard InChI is InChI=1S/C27H30F2N6O3.C27H31FN6O3.2C26H28F2N6O3/c1-5-17(18-6-7-20(28)23(29)15(18)2)14-22(36)35-24(26(38)34(4)27-32-10-11-33(27)3)19(25(35)37)12-16-8-9-31-21(30)13-16;1-5-18(19-6-7-21(28)16(2)12-19)15-24(35)34-25(27(37)32(3)23-9-11-31-33(23)4)20(26(34)36)13-17-8-10-30-22(29)14-17;1-4-16(17-5-6-19(27)20(28)13-17)14-23(35)34-24(26(37)32(2)22-8-10-31-33(22)3)18(25(34)36)11-15-7-9-30-21(29)12-15;1-4-16(17-6-5-7-19(27)23(17)28)14-22(35)34-24(26(37)32(2)21-9-11-31-33(21)3)18(25(34)36)12-15-8-10-30-20(29)13-15/h6-11,13,17,19,24H,5,12,14H2,1-4H3,(H2,30,31);6-12,14,18,20,25H,5,13,15H2,1-4H3,(H2,29,30);5-10,12-13,16,18,24H,4,11,14H2,1-3H3,(H2,29,30);5-11,13,16,18,24H,4,12,14H2,1-3H3,(H2,29,30)/t17-,19+,24-;18-,20+,25-;2*16-,18+,24-/m0000/s1. The highest BCUT2D eigenvalue weighted by molar-refractivity contribution is 6.16. The van der Waals surface area contributed by atoms with E-state index in [9.17, 15) is 88.3 Å². The number of carbonyl (C=O) groups is 12. The number of β-lactam (4-membered cyclic amide) rings is 4. The van der Waals surface area contributed by atoms with E-state index < -0.39 is 165 Å². The largest absolute Gasteiger partial charge is 0.384 e. The first-order chi connectivity index (χ1) is 70.9. The van der Waals surface area contributed by atoms with Crippen molar-refractivity contribution < 1.29 is 88.3 Å². The van der Waals surface area contributed by atoms with Gasteiger partial charge < -0.3 is 27.5 Å². The number of pyridine rings is 4. The van der Waals surface area contributed by atoms with Crippen LogP contribution in [0.2, 0.25) is 0 Å². The summed E-state index contributed by atoms with van der Waals surface area (Å²) in [4.78, 5) is 191. The quantitative estimate of drug-likeness (QED) is 0.0225. The van der Waals surface area contributed by atoms with Gasteiger partial charge >= 0.3 is 0 Å². The van der Waals surface area contributed by atoms with Gasteiger partial charge in [0.05, 0.1) is 42.3 Å². The van der Waals surface area contributed by atoms with Crippen molar-refractivity contribution in [3.05, 3.63) is 286 Å². The Morgan fingerprint density at radius 2 is 0.664 bits per heavy atom. The predicted molar refractivity (Wildman–Crippen MR) is 538 cm³/mol. The molecule has 4 aliphatic rings. The fraction of sp³-hybridized carbons (Fsp3) is 0.358. The lowest BCUT2D eigenvalue weighted by atomic mass is 9.80. The van der Waals surface area contributed by atoms with Crippen LogP contribution in [0.15, 0.2) is 189 Å². The topological polar surface area (TPSA) is 458 Å². The molecule has 16 rings (SSSR count). The zero-order chi connectivity index (χ0) is 108. The Balaban J connectivity index is 0.000000166. The second-order valence-electron chi connectivity index (χ2n) is 37.3. The maximum absolute atomic E-state index is 14.5. The molecule has 8 aromatic heterocycles. The number of benzene rings is 4. The zero-order valence-electron chi connectivity index (χ0n) is 84.6. The highest BCUT2D eigenvalue weighted by atomic mass is 19.2. The minimum atomic E-state index is -1.08. The van der Waals surface area contributed by atoms with E-state index in [2.05, 4.69) is 40.2 Å². The van der Waals surface area contributed by atoms with Crippen LogP contribution < -0.4 is 42.5 Å². The number of rotatable bonds is 32. The van der Waals surface area contributed by atoms with Gasteiger partial charge in [-0.15, -0.1) is 0 Å². The van der Waals surface area contributed by atoms with Crippen molar-refractivity contribution in [2.45, 2.75) is 166 Å². The number of aromatic nitrogens is 12. The second kappa shape index (κ2) is 47.3. The fourth-order valence-electron chi connectivity index (χ4n) is 19.5. The Morgan fingerprint density at radius 3 is 0.980 bits per heavy atom. The number of imidazole rings is 1. The average molecular weight is 2050 g/mol. The van der Waals surface area contributed by atoms with E-state index in [0.717, 1.165) is 55.0 Å². The van der Waals surface area contributed by atoms with Gasteiger partial charge in [-0.25, -0.2) is 55.7 Å². The summed E-state index contributed by atoms with van der Waals surface area (Å²) in [5, 5.41) is 12.3. The number of aryl methyl sites for hydroxylation is 5. The highest BCUT2D eigenvalue weighted by Crippen LogP contribution is 2.43. The molecule has 36 nitrogen and oxygen atoms in total. The number of hydrogen-bond acceptors (Lipinski definition) is 24. The van der Waals surface area contributed by atoms with Gasteiger partial charge in [0.1, 0.15) is 70.7 Å². The maximum atomic E-state index is 14.5. The number of nitrogen functional groups attached to an aromatic ring is 4. The molecule has 149 heavy (non-hydrogen) atoms. The van der Waals surface area contributed by atoms with Crippen molar-refractivity contribution in [3.63, 3.8) is 0 Å². The first-order valence-corrected chi connectivity index (χ1v) is 48.3. The van der Waals surface area contributed by atoms with Crippen LogP contribution >= 0.6 is 0 Å². The van der Waals surface area contributed by atoms with Gasteiger partial charge in [-0.05, 0) is 223 Å². The van der Waals surface area contributed by atoms with E-state index in [4.69, 9.17) is 22.9 Å². The van der Waals surface area contributed by atoms with Crippen molar-refractivity contribution in [1.29, 1.82) is 0 Å². The third-order valence-electron chi connectivity index (χ3n) is 27.9. The summed E-state index contributed by atoms with van der Waals surface area (Å²) in [5.41, 5.74) is 28.5. The Kier molecular flexibility index (Phi) is 34.8. The summed E-state index contributed by atoms with van der Waals surface area (Å²) < 4.78 is 103. The molecule has 12 aromatic rings. The summed E-state index contributed by atoms with van der Waals surface area (Å²) in [7, 11) is 13.0. The molecular weight excluding hydrogens is 1930 g/mol. The van der Waals surface area contributed by atoms with Crippen molar-refractivity contribution in [3.8, 4) is 0 Å². The van der Waals surface area contributed by atoms with Gasteiger partial charge in [-0.2, -0.15) is 15.3 Å². The molecule has 782 valence electrons. The molecule has 0 saturated carbocycles. The third kappa shape index (κ3) is 23.8. The van der Waals surface area contributed by atoms with Crippen LogP contribution in [0.25, 0.3) is 0 Å². The molecule has 43 heteroatoms. The Hall–Kier alpha value is -16.5. The Morgan fingerprint density at radius 1 is 0.342 bits per heavy atom. The third-order valence-corrected chi connectivity index (χ3v) is 27.9. The summed E-state index contributed by atoms with van der Waals surface area (Å²) in [6.45, 7) is 10.4. The van der Waals surface area contributed by atoms with Gasteiger partial charge in [-0.1, -0.05) is 64.1 Å².